The van der Waals surface area contributed by atoms with E-state index in [1.807, 2.05) is 37.4 Å². The monoisotopic (exact) mass is 342 g/mol. The minimum absolute atomic E-state index is 0.0319. The fourth-order valence-corrected chi connectivity index (χ4v) is 3.60. The Kier molecular flexibility index (Phi) is 5.20. The first-order valence-corrected chi connectivity index (χ1v) is 8.87. The number of thioether (sulfide) groups is 1. The van der Waals surface area contributed by atoms with E-state index in [1.165, 1.54) is 17.8 Å². The lowest BCUT2D eigenvalue weighted by molar-refractivity contribution is -0.118. The van der Waals surface area contributed by atoms with Gasteiger partial charge in [-0.3, -0.25) is 4.79 Å². The second-order valence-corrected chi connectivity index (χ2v) is 6.53. The van der Waals surface area contributed by atoms with Crippen molar-refractivity contribution >= 4 is 28.6 Å². The van der Waals surface area contributed by atoms with E-state index in [4.69, 9.17) is 0 Å². The molecule has 5 heteroatoms. The number of fused-ring (bicyclic) bond motifs is 1. The van der Waals surface area contributed by atoms with Gasteiger partial charge in [0.1, 0.15) is 5.82 Å². The van der Waals surface area contributed by atoms with E-state index in [-0.39, 0.29) is 11.7 Å². The number of benzene rings is 2. The Morgan fingerprint density at radius 3 is 2.83 bits per heavy atom. The minimum atomic E-state index is -0.227. The molecule has 3 rings (SSSR count). The van der Waals surface area contributed by atoms with Crippen LogP contribution < -0.4 is 5.32 Å². The highest BCUT2D eigenvalue weighted by Gasteiger charge is 2.11. The molecule has 1 heterocycles. The standard InChI is InChI=1S/C19H19FN2OS/c1-2-21-19(23)13-24-18-12-22(17-9-4-3-8-16(17)18)11-14-6-5-7-15(20)10-14/h3-10,12H,2,11,13H2,1H3,(H,21,23). The molecule has 0 aliphatic heterocycles. The van der Waals surface area contributed by atoms with Gasteiger partial charge < -0.3 is 9.88 Å². The smallest absolute Gasteiger partial charge is 0.230 e. The van der Waals surface area contributed by atoms with E-state index in [0.717, 1.165) is 21.4 Å². The molecule has 3 nitrogen and oxygen atoms in total. The Bertz CT molecular complexity index is 859. The van der Waals surface area contributed by atoms with Gasteiger partial charge in [0.2, 0.25) is 5.91 Å². The molecule has 0 fully saturated rings. The topological polar surface area (TPSA) is 34.0 Å². The van der Waals surface area contributed by atoms with Gasteiger partial charge in [-0.1, -0.05) is 30.3 Å². The lowest BCUT2D eigenvalue weighted by atomic mass is 10.2. The number of rotatable bonds is 6. The maximum absolute atomic E-state index is 13.4. The van der Waals surface area contributed by atoms with Crippen LogP contribution in [0.3, 0.4) is 0 Å². The maximum Gasteiger partial charge on any atom is 0.230 e. The summed E-state index contributed by atoms with van der Waals surface area (Å²) in [5.74, 6) is 0.196. The van der Waals surface area contributed by atoms with Crippen molar-refractivity contribution < 1.29 is 9.18 Å². The fraction of sp³-hybridized carbons (Fsp3) is 0.211. The summed E-state index contributed by atoms with van der Waals surface area (Å²) in [5, 5.41) is 3.92. The van der Waals surface area contributed by atoms with E-state index in [1.54, 1.807) is 12.1 Å². The molecule has 1 amide bonds. The summed E-state index contributed by atoms with van der Waals surface area (Å²) >= 11 is 1.53. The number of nitrogens with one attached hydrogen (secondary N) is 1. The van der Waals surface area contributed by atoms with Crippen LogP contribution in [0.25, 0.3) is 10.9 Å². The molecule has 0 bridgehead atoms. The minimum Gasteiger partial charge on any atom is -0.356 e. The van der Waals surface area contributed by atoms with Crippen LogP contribution in [0.15, 0.2) is 59.6 Å². The van der Waals surface area contributed by atoms with Crippen molar-refractivity contribution in [2.45, 2.75) is 18.4 Å². The first-order valence-electron chi connectivity index (χ1n) is 7.89. The third-order valence-electron chi connectivity index (χ3n) is 3.73. The van der Waals surface area contributed by atoms with Gasteiger partial charge in [-0.2, -0.15) is 0 Å². The summed E-state index contributed by atoms with van der Waals surface area (Å²) in [6.07, 6.45) is 2.04. The summed E-state index contributed by atoms with van der Waals surface area (Å²) in [7, 11) is 0. The summed E-state index contributed by atoms with van der Waals surface area (Å²) in [4.78, 5) is 12.8. The van der Waals surface area contributed by atoms with Crippen molar-refractivity contribution in [1.29, 1.82) is 0 Å². The molecule has 0 atom stereocenters. The zero-order valence-electron chi connectivity index (χ0n) is 13.5. The molecule has 0 aliphatic rings. The number of nitrogens with zero attached hydrogens (tertiary/aromatic N) is 1. The first-order chi connectivity index (χ1) is 11.7. The second kappa shape index (κ2) is 7.53. The fourth-order valence-electron chi connectivity index (χ4n) is 2.68. The third kappa shape index (κ3) is 3.79. The van der Waals surface area contributed by atoms with Crippen LogP contribution in [-0.4, -0.2) is 22.8 Å². The van der Waals surface area contributed by atoms with Crippen molar-refractivity contribution in [3.63, 3.8) is 0 Å². The SMILES string of the molecule is CCNC(=O)CSc1cn(Cc2cccc(F)c2)c2ccccc12. The van der Waals surface area contributed by atoms with Crippen LogP contribution in [0.2, 0.25) is 0 Å². The Hall–Kier alpha value is -2.27. The van der Waals surface area contributed by atoms with Gasteiger partial charge in [0.05, 0.1) is 5.75 Å². The summed E-state index contributed by atoms with van der Waals surface area (Å²) < 4.78 is 15.5. The molecular weight excluding hydrogens is 323 g/mol. The van der Waals surface area contributed by atoms with E-state index in [0.29, 0.717) is 18.8 Å². The first kappa shape index (κ1) is 16.6. The van der Waals surface area contributed by atoms with Crippen LogP contribution in [-0.2, 0) is 11.3 Å². The van der Waals surface area contributed by atoms with Crippen molar-refractivity contribution in [3.05, 3.63) is 66.1 Å². The number of hydrogen-bond acceptors (Lipinski definition) is 2. The quantitative estimate of drug-likeness (QED) is 0.686. The van der Waals surface area contributed by atoms with Crippen LogP contribution >= 0.6 is 11.8 Å². The van der Waals surface area contributed by atoms with E-state index >= 15 is 0 Å². The van der Waals surface area contributed by atoms with Crippen molar-refractivity contribution in [1.82, 2.24) is 9.88 Å². The predicted molar refractivity (Wildman–Crippen MR) is 96.8 cm³/mol. The Balaban J connectivity index is 1.87. The third-order valence-corrected chi connectivity index (χ3v) is 4.77. The molecule has 0 saturated heterocycles. The predicted octanol–water partition coefficient (Wildman–Crippen LogP) is 4.06. The van der Waals surface area contributed by atoms with E-state index < -0.39 is 0 Å². The highest BCUT2D eigenvalue weighted by Crippen LogP contribution is 2.30. The number of para-hydroxylation sites is 1. The highest BCUT2D eigenvalue weighted by molar-refractivity contribution is 8.00. The number of amides is 1. The largest absolute Gasteiger partial charge is 0.356 e. The van der Waals surface area contributed by atoms with Crippen molar-refractivity contribution in [2.24, 2.45) is 0 Å². The Morgan fingerprint density at radius 1 is 1.21 bits per heavy atom. The van der Waals surface area contributed by atoms with Gasteiger partial charge in [-0.05, 0) is 30.7 Å². The molecule has 3 aromatic rings. The average Bonchev–Trinajstić information content (AvgIpc) is 2.91. The molecule has 24 heavy (non-hydrogen) atoms. The van der Waals surface area contributed by atoms with Crippen molar-refractivity contribution in [3.8, 4) is 0 Å². The molecule has 124 valence electrons. The maximum atomic E-state index is 13.4. The number of carbonyl (C=O) groups is 1. The molecule has 0 radical (unpaired) electrons. The number of carbonyl (C=O) groups excluding carboxylic acids is 1. The molecule has 0 unspecified atom stereocenters. The molecular formula is C19H19FN2OS. The molecule has 0 aliphatic carbocycles. The lowest BCUT2D eigenvalue weighted by Crippen LogP contribution is -2.24. The normalized spacial score (nSPS) is 10.9. The van der Waals surface area contributed by atoms with Gasteiger partial charge in [0.15, 0.2) is 0 Å². The highest BCUT2D eigenvalue weighted by atomic mass is 32.2. The van der Waals surface area contributed by atoms with Crippen LogP contribution in [0.5, 0.6) is 0 Å². The van der Waals surface area contributed by atoms with Gasteiger partial charge >= 0.3 is 0 Å². The molecule has 0 spiro atoms. The van der Waals surface area contributed by atoms with E-state index in [9.17, 15) is 9.18 Å². The average molecular weight is 342 g/mol. The number of halogens is 1. The molecule has 2 aromatic carbocycles. The van der Waals surface area contributed by atoms with Gasteiger partial charge in [-0.15, -0.1) is 11.8 Å². The molecule has 0 saturated carbocycles. The summed E-state index contributed by atoms with van der Waals surface area (Å²) in [6.45, 7) is 3.15. The zero-order chi connectivity index (χ0) is 16.9. The zero-order valence-corrected chi connectivity index (χ0v) is 14.3. The Labute approximate surface area is 144 Å². The van der Waals surface area contributed by atoms with E-state index in [2.05, 4.69) is 16.0 Å². The van der Waals surface area contributed by atoms with Crippen LogP contribution in [0, 0.1) is 5.82 Å². The summed E-state index contributed by atoms with van der Waals surface area (Å²) in [6, 6.07) is 14.7. The molecule has 1 aromatic heterocycles. The van der Waals surface area contributed by atoms with Gasteiger partial charge in [0, 0.05) is 35.1 Å². The number of hydrogen-bond donors (Lipinski definition) is 1. The summed E-state index contributed by atoms with van der Waals surface area (Å²) in [5.41, 5.74) is 2.00. The van der Waals surface area contributed by atoms with Crippen molar-refractivity contribution in [2.75, 3.05) is 12.3 Å². The number of aromatic nitrogens is 1. The Morgan fingerprint density at radius 2 is 2.04 bits per heavy atom. The van der Waals surface area contributed by atoms with Crippen LogP contribution in [0.4, 0.5) is 4.39 Å². The molecule has 1 N–H and O–H groups in total. The van der Waals surface area contributed by atoms with Gasteiger partial charge in [0.25, 0.3) is 0 Å². The second-order valence-electron chi connectivity index (χ2n) is 5.51. The van der Waals surface area contributed by atoms with Gasteiger partial charge in [-0.25, -0.2) is 4.39 Å². The lowest BCUT2D eigenvalue weighted by Gasteiger charge is -2.05. The van der Waals surface area contributed by atoms with Crippen LogP contribution in [0.1, 0.15) is 12.5 Å².